The van der Waals surface area contributed by atoms with Crippen molar-refractivity contribution in [2.75, 3.05) is 6.79 Å². The van der Waals surface area contributed by atoms with E-state index in [-0.39, 0.29) is 24.8 Å². The number of rotatable bonds is 5. The molecule has 2 heterocycles. The van der Waals surface area contributed by atoms with Gasteiger partial charge in [-0.1, -0.05) is 12.1 Å². The van der Waals surface area contributed by atoms with E-state index in [2.05, 4.69) is 10.3 Å². The molecular weight excluding hydrogens is 344 g/mol. The molecule has 2 aromatic rings. The topological polar surface area (TPSA) is 69.7 Å². The fraction of sp³-hybridized carbons (Fsp3) is 0.429. The largest absolute Gasteiger partial charge is 0.474 e. The van der Waals surface area contributed by atoms with Crippen LogP contribution < -0.4 is 19.5 Å². The number of pyridine rings is 1. The Balaban J connectivity index is 1.23. The third kappa shape index (κ3) is 4.51. The molecule has 1 aliphatic carbocycles. The molecule has 0 atom stereocenters. The summed E-state index contributed by atoms with van der Waals surface area (Å²) in [5, 5.41) is 3.14. The number of hydrogen-bond acceptors (Lipinski definition) is 5. The predicted molar refractivity (Wildman–Crippen MR) is 100 cm³/mol. The number of carbonyl (C=O) groups is 1. The van der Waals surface area contributed by atoms with Crippen LogP contribution in [0, 0.1) is 6.92 Å². The molecule has 1 aromatic carbocycles. The molecule has 142 valence electrons. The first kappa shape index (κ1) is 17.6. The lowest BCUT2D eigenvalue weighted by Gasteiger charge is -2.29. The summed E-state index contributed by atoms with van der Waals surface area (Å²) in [7, 11) is 0. The van der Waals surface area contributed by atoms with Crippen LogP contribution in [-0.2, 0) is 11.2 Å². The molecule has 0 unspecified atom stereocenters. The van der Waals surface area contributed by atoms with E-state index in [1.165, 1.54) is 0 Å². The molecule has 1 saturated carbocycles. The minimum absolute atomic E-state index is 0.0402. The summed E-state index contributed by atoms with van der Waals surface area (Å²) in [6, 6.07) is 9.76. The van der Waals surface area contributed by atoms with Gasteiger partial charge >= 0.3 is 0 Å². The Morgan fingerprint density at radius 2 is 1.96 bits per heavy atom. The molecule has 0 radical (unpaired) electrons. The Labute approximate surface area is 158 Å². The fourth-order valence-electron chi connectivity index (χ4n) is 3.53. The number of benzene rings is 1. The molecule has 1 N–H and O–H groups in total. The van der Waals surface area contributed by atoms with Gasteiger partial charge < -0.3 is 19.5 Å². The smallest absolute Gasteiger partial charge is 0.231 e. The summed E-state index contributed by atoms with van der Waals surface area (Å²) < 4.78 is 16.6. The zero-order chi connectivity index (χ0) is 18.6. The van der Waals surface area contributed by atoms with Crippen LogP contribution in [0.4, 0.5) is 0 Å². The van der Waals surface area contributed by atoms with E-state index >= 15 is 0 Å². The van der Waals surface area contributed by atoms with Crippen molar-refractivity contribution >= 4 is 5.91 Å². The van der Waals surface area contributed by atoms with Crippen LogP contribution in [0.2, 0.25) is 0 Å². The van der Waals surface area contributed by atoms with E-state index in [9.17, 15) is 4.79 Å². The fourth-order valence-corrected chi connectivity index (χ4v) is 3.53. The molecule has 0 bridgehead atoms. The second-order valence-corrected chi connectivity index (χ2v) is 7.20. The second kappa shape index (κ2) is 7.86. The first-order valence-corrected chi connectivity index (χ1v) is 9.43. The molecule has 6 heteroatoms. The lowest BCUT2D eigenvalue weighted by Crippen LogP contribution is -2.40. The van der Waals surface area contributed by atoms with E-state index in [1.807, 2.05) is 43.5 Å². The van der Waals surface area contributed by atoms with Crippen molar-refractivity contribution in [3.05, 3.63) is 47.7 Å². The summed E-state index contributed by atoms with van der Waals surface area (Å²) in [5.74, 6) is 2.16. The van der Waals surface area contributed by atoms with Crippen LogP contribution in [0.3, 0.4) is 0 Å². The maximum absolute atomic E-state index is 12.4. The van der Waals surface area contributed by atoms with Gasteiger partial charge in [-0.3, -0.25) is 4.79 Å². The Hall–Kier alpha value is -2.76. The number of carbonyl (C=O) groups excluding carboxylic acids is 1. The zero-order valence-corrected chi connectivity index (χ0v) is 15.4. The monoisotopic (exact) mass is 368 g/mol. The van der Waals surface area contributed by atoms with Crippen LogP contribution in [0.25, 0.3) is 0 Å². The van der Waals surface area contributed by atoms with Crippen LogP contribution in [0.5, 0.6) is 17.4 Å². The van der Waals surface area contributed by atoms with E-state index in [4.69, 9.17) is 14.2 Å². The number of aryl methyl sites for hydroxylation is 1. The summed E-state index contributed by atoms with van der Waals surface area (Å²) in [6.07, 6.45) is 6.02. The molecule has 0 saturated heterocycles. The Bertz CT molecular complexity index is 798. The summed E-state index contributed by atoms with van der Waals surface area (Å²) in [6.45, 7) is 2.25. The van der Waals surface area contributed by atoms with Crippen LogP contribution in [0.1, 0.15) is 36.8 Å². The van der Waals surface area contributed by atoms with Gasteiger partial charge in [-0.15, -0.1) is 0 Å². The predicted octanol–water partition coefficient (Wildman–Crippen LogP) is 3.17. The number of amides is 1. The van der Waals surface area contributed by atoms with Crippen molar-refractivity contribution in [2.24, 2.45) is 0 Å². The van der Waals surface area contributed by atoms with Crippen molar-refractivity contribution < 1.29 is 19.0 Å². The average Bonchev–Trinajstić information content (AvgIpc) is 3.13. The van der Waals surface area contributed by atoms with Crippen molar-refractivity contribution in [3.8, 4) is 17.4 Å². The molecule has 27 heavy (non-hydrogen) atoms. The summed E-state index contributed by atoms with van der Waals surface area (Å²) >= 11 is 0. The molecular formula is C21H24N2O4. The van der Waals surface area contributed by atoms with Gasteiger partial charge in [0, 0.05) is 18.3 Å². The molecule has 1 aliphatic heterocycles. The highest BCUT2D eigenvalue weighted by Crippen LogP contribution is 2.32. The van der Waals surface area contributed by atoms with Gasteiger partial charge in [-0.2, -0.15) is 0 Å². The van der Waals surface area contributed by atoms with Crippen molar-refractivity contribution in [2.45, 2.75) is 51.2 Å². The quantitative estimate of drug-likeness (QED) is 0.878. The normalized spacial score (nSPS) is 20.9. The third-order valence-corrected chi connectivity index (χ3v) is 5.01. The highest BCUT2D eigenvalue weighted by atomic mass is 16.7. The average molecular weight is 368 g/mol. The summed E-state index contributed by atoms with van der Waals surface area (Å²) in [5.41, 5.74) is 2.05. The maximum atomic E-state index is 12.4. The van der Waals surface area contributed by atoms with E-state index in [0.29, 0.717) is 18.1 Å². The molecule has 1 aromatic heterocycles. The molecule has 0 spiro atoms. The third-order valence-electron chi connectivity index (χ3n) is 5.01. The van der Waals surface area contributed by atoms with Crippen molar-refractivity contribution in [3.63, 3.8) is 0 Å². The number of nitrogens with one attached hydrogen (secondary N) is 1. The number of fused-ring (bicyclic) bond motifs is 1. The van der Waals surface area contributed by atoms with Crippen LogP contribution >= 0.6 is 0 Å². The van der Waals surface area contributed by atoms with Gasteiger partial charge in [0.25, 0.3) is 0 Å². The van der Waals surface area contributed by atoms with E-state index in [0.717, 1.165) is 42.6 Å². The van der Waals surface area contributed by atoms with Crippen LogP contribution in [-0.4, -0.2) is 29.8 Å². The van der Waals surface area contributed by atoms with Crippen molar-refractivity contribution in [1.82, 2.24) is 10.3 Å². The number of hydrogen-bond donors (Lipinski definition) is 1. The van der Waals surface area contributed by atoms with Gasteiger partial charge in [0.2, 0.25) is 18.6 Å². The lowest BCUT2D eigenvalue weighted by molar-refractivity contribution is -0.121. The first-order chi connectivity index (χ1) is 13.2. The highest BCUT2D eigenvalue weighted by molar-refractivity contribution is 5.79. The number of ether oxygens (including phenoxy) is 3. The van der Waals surface area contributed by atoms with E-state index in [1.54, 1.807) is 0 Å². The molecule has 6 nitrogen and oxygen atoms in total. The SMILES string of the molecule is Cc1ccc(OC2CCC(NC(=O)Cc3ccc4c(c3)OCO4)CC2)nc1. The Morgan fingerprint density at radius 1 is 1.15 bits per heavy atom. The molecule has 4 rings (SSSR count). The van der Waals surface area contributed by atoms with Gasteiger partial charge in [0.15, 0.2) is 11.5 Å². The van der Waals surface area contributed by atoms with Gasteiger partial charge in [-0.05, 0) is 55.9 Å². The number of nitrogens with zero attached hydrogens (tertiary/aromatic N) is 1. The Kier molecular flexibility index (Phi) is 5.14. The van der Waals surface area contributed by atoms with Gasteiger partial charge in [-0.25, -0.2) is 4.98 Å². The number of aromatic nitrogens is 1. The second-order valence-electron chi connectivity index (χ2n) is 7.20. The highest BCUT2D eigenvalue weighted by Gasteiger charge is 2.24. The molecule has 1 fully saturated rings. The first-order valence-electron chi connectivity index (χ1n) is 9.43. The van der Waals surface area contributed by atoms with Gasteiger partial charge in [0.1, 0.15) is 6.10 Å². The Morgan fingerprint density at radius 3 is 2.74 bits per heavy atom. The molecule has 1 amide bonds. The van der Waals surface area contributed by atoms with Crippen LogP contribution in [0.15, 0.2) is 36.5 Å². The zero-order valence-electron chi connectivity index (χ0n) is 15.4. The summed E-state index contributed by atoms with van der Waals surface area (Å²) in [4.78, 5) is 16.7. The lowest BCUT2D eigenvalue weighted by atomic mass is 9.92. The standard InChI is InChI=1S/C21H24N2O4/c1-14-2-9-21(22-12-14)27-17-6-4-16(5-7-17)23-20(24)11-15-3-8-18-19(10-15)26-13-25-18/h2-3,8-10,12,16-17H,4-7,11,13H2,1H3,(H,23,24). The maximum Gasteiger partial charge on any atom is 0.231 e. The van der Waals surface area contributed by atoms with Gasteiger partial charge in [0.05, 0.1) is 6.42 Å². The molecule has 2 aliphatic rings. The van der Waals surface area contributed by atoms with Crippen molar-refractivity contribution in [1.29, 1.82) is 0 Å². The minimum atomic E-state index is 0.0402. The van der Waals surface area contributed by atoms with E-state index < -0.39 is 0 Å². The minimum Gasteiger partial charge on any atom is -0.474 e.